The second-order valence-corrected chi connectivity index (χ2v) is 6.92. The van der Waals surface area contributed by atoms with Crippen molar-refractivity contribution in [2.45, 2.75) is 38.6 Å². The number of aromatic nitrogens is 3. The van der Waals surface area contributed by atoms with Gasteiger partial charge < -0.3 is 15.5 Å². The number of benzene rings is 1. The lowest BCUT2D eigenvalue weighted by Crippen LogP contribution is -2.48. The number of nitrogens with zero attached hydrogens (tertiary/aromatic N) is 3. The molecule has 1 saturated carbocycles. The number of piperidine rings is 1. The van der Waals surface area contributed by atoms with Crippen LogP contribution in [0.4, 0.5) is 10.5 Å². The van der Waals surface area contributed by atoms with Gasteiger partial charge in [0.25, 0.3) is 0 Å². The highest BCUT2D eigenvalue weighted by Crippen LogP contribution is 2.32. The summed E-state index contributed by atoms with van der Waals surface area (Å²) in [6.45, 7) is 3.36. The van der Waals surface area contributed by atoms with Gasteiger partial charge in [-0.25, -0.2) is 4.79 Å². The molecule has 1 saturated heterocycles. The molecule has 2 heterocycles. The molecule has 8 heteroatoms. The van der Waals surface area contributed by atoms with E-state index in [1.165, 1.54) is 0 Å². The minimum absolute atomic E-state index is 0.0834. The molecule has 2 fully saturated rings. The lowest BCUT2D eigenvalue weighted by atomic mass is 10.0. The summed E-state index contributed by atoms with van der Waals surface area (Å²) in [6.07, 6.45) is 3.65. The third-order valence-corrected chi connectivity index (χ3v) is 5.00. The van der Waals surface area contributed by atoms with Crippen LogP contribution >= 0.6 is 0 Å². The molecule has 4 rings (SSSR count). The van der Waals surface area contributed by atoms with Crippen molar-refractivity contribution in [3.05, 3.63) is 17.7 Å². The van der Waals surface area contributed by atoms with Crippen LogP contribution in [0.25, 0.3) is 11.0 Å². The van der Waals surface area contributed by atoms with E-state index < -0.39 is 0 Å². The van der Waals surface area contributed by atoms with Gasteiger partial charge in [0.1, 0.15) is 11.0 Å². The summed E-state index contributed by atoms with van der Waals surface area (Å²) in [4.78, 5) is 26.4. The van der Waals surface area contributed by atoms with Gasteiger partial charge in [0.05, 0.1) is 5.69 Å². The van der Waals surface area contributed by atoms with E-state index in [1.807, 2.05) is 24.0 Å². The number of H-pyrrole nitrogens is 1. The first-order valence-electron chi connectivity index (χ1n) is 8.78. The maximum absolute atomic E-state index is 12.4. The van der Waals surface area contributed by atoms with Gasteiger partial charge >= 0.3 is 6.03 Å². The molecule has 0 radical (unpaired) electrons. The van der Waals surface area contributed by atoms with Crippen LogP contribution < -0.4 is 10.6 Å². The molecule has 0 unspecified atom stereocenters. The lowest BCUT2D eigenvalue weighted by molar-refractivity contribution is -0.133. The predicted molar refractivity (Wildman–Crippen MR) is 93.1 cm³/mol. The number of hydrogen-bond acceptors (Lipinski definition) is 4. The fourth-order valence-electron chi connectivity index (χ4n) is 3.34. The van der Waals surface area contributed by atoms with Crippen LogP contribution in [0.2, 0.25) is 0 Å². The van der Waals surface area contributed by atoms with Crippen molar-refractivity contribution >= 4 is 28.7 Å². The molecule has 3 amide bonds. The van der Waals surface area contributed by atoms with E-state index in [-0.39, 0.29) is 23.9 Å². The monoisotopic (exact) mass is 342 g/mol. The molecule has 1 aromatic carbocycles. The van der Waals surface area contributed by atoms with E-state index in [4.69, 9.17) is 0 Å². The topological polar surface area (TPSA) is 103 Å². The molecule has 2 aliphatic rings. The van der Waals surface area contributed by atoms with Gasteiger partial charge in [-0.3, -0.25) is 4.79 Å². The Balaban J connectivity index is 1.34. The fraction of sp³-hybridized carbons (Fsp3) is 0.529. The van der Waals surface area contributed by atoms with E-state index >= 15 is 0 Å². The molecule has 8 nitrogen and oxygen atoms in total. The molecule has 1 aliphatic heterocycles. The third kappa shape index (κ3) is 3.29. The summed E-state index contributed by atoms with van der Waals surface area (Å²) in [6, 6.07) is 3.61. The molecular formula is C17H22N6O2. The van der Waals surface area contributed by atoms with Gasteiger partial charge in [-0.1, -0.05) is 6.07 Å². The zero-order valence-corrected chi connectivity index (χ0v) is 14.2. The quantitative estimate of drug-likeness (QED) is 0.791. The van der Waals surface area contributed by atoms with Gasteiger partial charge in [-0.05, 0) is 44.2 Å². The van der Waals surface area contributed by atoms with Crippen molar-refractivity contribution in [2.24, 2.45) is 5.92 Å². The first-order chi connectivity index (χ1) is 12.1. The van der Waals surface area contributed by atoms with Gasteiger partial charge in [-0.15, -0.1) is 0 Å². The Labute approximate surface area is 145 Å². The summed E-state index contributed by atoms with van der Waals surface area (Å²) < 4.78 is 0. The Hall–Kier alpha value is -2.64. The molecule has 25 heavy (non-hydrogen) atoms. The van der Waals surface area contributed by atoms with Crippen molar-refractivity contribution in [1.82, 2.24) is 25.6 Å². The second kappa shape index (κ2) is 6.34. The number of carbonyl (C=O) groups excluding carboxylic acids is 2. The highest BCUT2D eigenvalue weighted by Gasteiger charge is 2.35. The zero-order valence-electron chi connectivity index (χ0n) is 14.2. The fourth-order valence-corrected chi connectivity index (χ4v) is 3.34. The first-order valence-corrected chi connectivity index (χ1v) is 8.78. The number of fused-ring (bicyclic) bond motifs is 1. The Morgan fingerprint density at radius 3 is 2.64 bits per heavy atom. The average molecular weight is 342 g/mol. The summed E-state index contributed by atoms with van der Waals surface area (Å²) in [5, 5.41) is 16.6. The number of anilines is 1. The molecule has 3 N–H and O–H groups in total. The molecule has 132 valence electrons. The zero-order chi connectivity index (χ0) is 17.4. The molecular weight excluding hydrogens is 320 g/mol. The number of nitrogens with one attached hydrogen (secondary N) is 3. The molecule has 1 aromatic heterocycles. The summed E-state index contributed by atoms with van der Waals surface area (Å²) in [5.41, 5.74) is 2.97. The number of aryl methyl sites for hydroxylation is 1. The largest absolute Gasteiger partial charge is 0.342 e. The van der Waals surface area contributed by atoms with Crippen LogP contribution in [0, 0.1) is 12.8 Å². The smallest absolute Gasteiger partial charge is 0.319 e. The lowest BCUT2D eigenvalue weighted by Gasteiger charge is -2.32. The van der Waals surface area contributed by atoms with Gasteiger partial charge in [0.15, 0.2) is 0 Å². The Morgan fingerprint density at radius 1 is 1.16 bits per heavy atom. The molecule has 2 aromatic rings. The van der Waals surface area contributed by atoms with Crippen LogP contribution in [0.3, 0.4) is 0 Å². The number of likely N-dealkylation sites (tertiary alicyclic amines) is 1. The van der Waals surface area contributed by atoms with Crippen LogP contribution in [0.5, 0.6) is 0 Å². The van der Waals surface area contributed by atoms with E-state index in [2.05, 4.69) is 26.0 Å². The number of rotatable bonds is 3. The van der Waals surface area contributed by atoms with E-state index in [9.17, 15) is 9.59 Å². The highest BCUT2D eigenvalue weighted by molar-refractivity contribution is 5.99. The van der Waals surface area contributed by atoms with Crippen LogP contribution in [0.1, 0.15) is 31.2 Å². The number of hydrogen-bond donors (Lipinski definition) is 3. The SMILES string of the molecule is Cc1ccc2n[nH]nc2c1NC(=O)NC1CCN(C(=O)C2CC2)CC1. The number of carbonyl (C=O) groups is 2. The number of amides is 3. The molecule has 0 bridgehead atoms. The van der Waals surface area contributed by atoms with E-state index in [1.54, 1.807) is 0 Å². The normalized spacial score (nSPS) is 18.4. The predicted octanol–water partition coefficient (Wildman–Crippen LogP) is 1.79. The number of urea groups is 1. The molecule has 1 aliphatic carbocycles. The maximum Gasteiger partial charge on any atom is 0.319 e. The summed E-state index contributed by atoms with van der Waals surface area (Å²) in [5.74, 6) is 0.551. The third-order valence-electron chi connectivity index (χ3n) is 5.00. The van der Waals surface area contributed by atoms with Crippen LogP contribution in [0.15, 0.2) is 12.1 Å². The molecule has 0 spiro atoms. The van der Waals surface area contributed by atoms with Crippen molar-refractivity contribution in [2.75, 3.05) is 18.4 Å². The average Bonchev–Trinajstić information content (AvgIpc) is 3.35. The van der Waals surface area contributed by atoms with E-state index in [0.717, 1.165) is 44.3 Å². The first kappa shape index (κ1) is 15.9. The summed E-state index contributed by atoms with van der Waals surface area (Å²) >= 11 is 0. The van der Waals surface area contributed by atoms with Gasteiger partial charge in [-0.2, -0.15) is 15.4 Å². The Bertz CT molecular complexity index is 805. The maximum atomic E-state index is 12.4. The van der Waals surface area contributed by atoms with E-state index in [0.29, 0.717) is 16.7 Å². The van der Waals surface area contributed by atoms with Crippen molar-refractivity contribution in [3.63, 3.8) is 0 Å². The van der Waals surface area contributed by atoms with Crippen molar-refractivity contribution in [3.8, 4) is 0 Å². The Morgan fingerprint density at radius 2 is 1.92 bits per heavy atom. The minimum atomic E-state index is -0.245. The minimum Gasteiger partial charge on any atom is -0.342 e. The van der Waals surface area contributed by atoms with Crippen molar-refractivity contribution < 1.29 is 9.59 Å². The number of aromatic amines is 1. The van der Waals surface area contributed by atoms with Crippen LogP contribution in [-0.4, -0.2) is 51.4 Å². The van der Waals surface area contributed by atoms with Gasteiger partial charge in [0, 0.05) is 25.0 Å². The van der Waals surface area contributed by atoms with Crippen molar-refractivity contribution in [1.29, 1.82) is 0 Å². The second-order valence-electron chi connectivity index (χ2n) is 6.92. The summed E-state index contributed by atoms with van der Waals surface area (Å²) in [7, 11) is 0. The molecule has 0 atom stereocenters. The van der Waals surface area contributed by atoms with Crippen LogP contribution in [-0.2, 0) is 4.79 Å². The highest BCUT2D eigenvalue weighted by atomic mass is 16.2. The van der Waals surface area contributed by atoms with Gasteiger partial charge in [0.2, 0.25) is 5.91 Å². The Kier molecular flexibility index (Phi) is 4.03. The standard InChI is InChI=1S/C17H22N6O2/c1-10-2-5-13-15(21-22-20-13)14(10)19-17(25)18-12-6-8-23(9-7-12)16(24)11-3-4-11/h2,5,11-12H,3-4,6-9H2,1H3,(H2,18,19,25)(H,20,21,22).